The van der Waals surface area contributed by atoms with E-state index in [0.29, 0.717) is 24.0 Å². The molecule has 0 aliphatic rings. The third-order valence-corrected chi connectivity index (χ3v) is 4.29. The van der Waals surface area contributed by atoms with Crippen molar-refractivity contribution in [1.82, 2.24) is 20.3 Å². The Morgan fingerprint density at radius 2 is 2.10 bits per heavy atom. The van der Waals surface area contributed by atoms with Crippen LogP contribution in [0.3, 0.4) is 0 Å². The zero-order valence-corrected chi connectivity index (χ0v) is 12.7. The van der Waals surface area contributed by atoms with Crippen LogP contribution in [0.2, 0.25) is 4.34 Å². The molecular weight excluding hydrogens is 308 g/mol. The third kappa shape index (κ3) is 3.29. The summed E-state index contributed by atoms with van der Waals surface area (Å²) >= 11 is 7.42. The molecule has 0 radical (unpaired) electrons. The van der Waals surface area contributed by atoms with Crippen LogP contribution >= 0.6 is 22.9 Å². The average Bonchev–Trinajstić information content (AvgIpc) is 2.91. The second kappa shape index (κ2) is 6.34. The van der Waals surface area contributed by atoms with Crippen molar-refractivity contribution in [2.75, 3.05) is 6.54 Å². The van der Waals surface area contributed by atoms with E-state index >= 15 is 0 Å². The van der Waals surface area contributed by atoms with E-state index in [1.54, 1.807) is 23.5 Å². The highest BCUT2D eigenvalue weighted by molar-refractivity contribution is 7.16. The van der Waals surface area contributed by atoms with Gasteiger partial charge in [-0.2, -0.15) is 0 Å². The van der Waals surface area contributed by atoms with Crippen LogP contribution in [-0.2, 0) is 13.1 Å². The Morgan fingerprint density at radius 1 is 1.24 bits per heavy atom. The molecule has 21 heavy (non-hydrogen) atoms. The number of hydrogen-bond acceptors (Lipinski definition) is 5. The van der Waals surface area contributed by atoms with Gasteiger partial charge in [0.05, 0.1) is 16.3 Å². The molecule has 7 heteroatoms. The summed E-state index contributed by atoms with van der Waals surface area (Å²) < 4.78 is 2.17. The quantitative estimate of drug-likeness (QED) is 0.733. The minimum atomic E-state index is -0.110. The van der Waals surface area contributed by atoms with Crippen LogP contribution in [0.5, 0.6) is 0 Å². The third-order valence-electron chi connectivity index (χ3n) is 3.06. The number of benzene rings is 1. The summed E-state index contributed by atoms with van der Waals surface area (Å²) in [6, 6.07) is 11.1. The molecule has 1 aromatic carbocycles. The lowest BCUT2D eigenvalue weighted by molar-refractivity contribution is 0.514. The number of fused-ring (bicyclic) bond motifs is 1. The van der Waals surface area contributed by atoms with Gasteiger partial charge in [-0.1, -0.05) is 28.9 Å². The number of hydrogen-bond donors (Lipinski definition) is 1. The molecule has 0 amide bonds. The summed E-state index contributed by atoms with van der Waals surface area (Å²) in [5.74, 6) is 0. The average molecular weight is 321 g/mol. The monoisotopic (exact) mass is 320 g/mol. The maximum absolute atomic E-state index is 12.2. The van der Waals surface area contributed by atoms with Crippen LogP contribution in [-0.4, -0.2) is 21.5 Å². The molecule has 108 valence electrons. The van der Waals surface area contributed by atoms with Gasteiger partial charge in [0, 0.05) is 18.0 Å². The van der Waals surface area contributed by atoms with Gasteiger partial charge in [0.25, 0.3) is 5.56 Å². The lowest BCUT2D eigenvalue weighted by Crippen LogP contribution is -2.29. The predicted molar refractivity (Wildman–Crippen MR) is 84.8 cm³/mol. The second-order valence-corrected chi connectivity index (χ2v) is 6.32. The summed E-state index contributed by atoms with van der Waals surface area (Å²) in [7, 11) is 0. The predicted octanol–water partition coefficient (Wildman–Crippen LogP) is 2.30. The van der Waals surface area contributed by atoms with Gasteiger partial charge in [-0.15, -0.1) is 16.4 Å². The van der Waals surface area contributed by atoms with Gasteiger partial charge in [0.15, 0.2) is 0 Å². The minimum Gasteiger partial charge on any atom is -0.310 e. The molecule has 0 atom stereocenters. The zero-order valence-electron chi connectivity index (χ0n) is 11.1. The first kappa shape index (κ1) is 14.2. The molecule has 0 unspecified atom stereocenters. The Labute approximate surface area is 130 Å². The number of rotatable bonds is 5. The van der Waals surface area contributed by atoms with Crippen LogP contribution in [0.4, 0.5) is 0 Å². The minimum absolute atomic E-state index is 0.110. The molecule has 3 aromatic rings. The Hall–Kier alpha value is -1.76. The molecule has 0 fully saturated rings. The van der Waals surface area contributed by atoms with E-state index in [9.17, 15) is 4.79 Å². The van der Waals surface area contributed by atoms with Crippen molar-refractivity contribution in [2.45, 2.75) is 13.1 Å². The molecule has 0 aliphatic heterocycles. The molecule has 1 N–H and O–H groups in total. The molecule has 0 saturated heterocycles. The van der Waals surface area contributed by atoms with E-state index in [4.69, 9.17) is 11.6 Å². The highest BCUT2D eigenvalue weighted by atomic mass is 35.5. The van der Waals surface area contributed by atoms with Crippen molar-refractivity contribution in [3.05, 3.63) is 56.0 Å². The van der Waals surface area contributed by atoms with Crippen LogP contribution in [0, 0.1) is 0 Å². The topological polar surface area (TPSA) is 59.8 Å². The van der Waals surface area contributed by atoms with Crippen molar-refractivity contribution in [3.8, 4) is 0 Å². The number of nitrogens with one attached hydrogen (secondary N) is 1. The molecule has 2 heterocycles. The summed E-state index contributed by atoms with van der Waals surface area (Å²) in [5.41, 5.74) is 0.515. The summed E-state index contributed by atoms with van der Waals surface area (Å²) in [6.07, 6.45) is 0. The van der Waals surface area contributed by atoms with Gasteiger partial charge in [0.1, 0.15) is 5.52 Å². The summed E-state index contributed by atoms with van der Waals surface area (Å²) in [5, 5.41) is 11.9. The maximum atomic E-state index is 12.2. The Morgan fingerprint density at radius 3 is 2.90 bits per heavy atom. The van der Waals surface area contributed by atoms with Crippen LogP contribution in [0.25, 0.3) is 10.9 Å². The van der Waals surface area contributed by atoms with Crippen molar-refractivity contribution in [2.24, 2.45) is 0 Å². The highest BCUT2D eigenvalue weighted by Gasteiger charge is 2.04. The zero-order chi connectivity index (χ0) is 14.7. The first-order chi connectivity index (χ1) is 10.2. The summed E-state index contributed by atoms with van der Waals surface area (Å²) in [4.78, 5) is 13.4. The number of nitrogens with zero attached hydrogens (tertiary/aromatic N) is 3. The standard InChI is InChI=1S/C14H13ClN4OS/c15-13-6-5-10(21-13)9-16-7-8-19-14(20)11-3-1-2-4-12(11)17-18-19/h1-6,16H,7-9H2. The highest BCUT2D eigenvalue weighted by Crippen LogP contribution is 2.20. The van der Waals surface area contributed by atoms with Gasteiger partial charge >= 0.3 is 0 Å². The van der Waals surface area contributed by atoms with Gasteiger partial charge in [-0.3, -0.25) is 4.79 Å². The molecule has 0 spiro atoms. The molecule has 0 saturated carbocycles. The van der Waals surface area contributed by atoms with Crippen LogP contribution in [0.1, 0.15) is 4.88 Å². The van der Waals surface area contributed by atoms with Gasteiger partial charge in [-0.05, 0) is 24.3 Å². The van der Waals surface area contributed by atoms with E-state index in [1.165, 1.54) is 4.68 Å². The van der Waals surface area contributed by atoms with Crippen molar-refractivity contribution >= 4 is 33.8 Å². The number of halogens is 1. The first-order valence-corrected chi connectivity index (χ1v) is 7.71. The Bertz CT molecular complexity index is 814. The van der Waals surface area contributed by atoms with E-state index < -0.39 is 0 Å². The maximum Gasteiger partial charge on any atom is 0.277 e. The lowest BCUT2D eigenvalue weighted by atomic mass is 10.2. The number of aromatic nitrogens is 3. The van der Waals surface area contributed by atoms with E-state index in [-0.39, 0.29) is 5.56 Å². The second-order valence-electron chi connectivity index (χ2n) is 4.52. The molecular formula is C14H13ClN4OS. The molecule has 3 rings (SSSR count). The van der Waals surface area contributed by atoms with Gasteiger partial charge in [-0.25, -0.2) is 4.68 Å². The van der Waals surface area contributed by atoms with E-state index in [1.807, 2.05) is 24.3 Å². The normalized spacial score (nSPS) is 11.1. The molecule has 2 aromatic heterocycles. The summed E-state index contributed by atoms with van der Waals surface area (Å²) in [6.45, 7) is 1.85. The molecule has 0 aliphatic carbocycles. The fourth-order valence-electron chi connectivity index (χ4n) is 2.01. The van der Waals surface area contributed by atoms with Crippen molar-refractivity contribution in [1.29, 1.82) is 0 Å². The molecule has 5 nitrogen and oxygen atoms in total. The van der Waals surface area contributed by atoms with Crippen LogP contribution in [0.15, 0.2) is 41.2 Å². The largest absolute Gasteiger partial charge is 0.310 e. The van der Waals surface area contributed by atoms with Crippen molar-refractivity contribution < 1.29 is 0 Å². The fourth-order valence-corrected chi connectivity index (χ4v) is 3.07. The number of thiophene rings is 1. The Balaban J connectivity index is 1.63. The van der Waals surface area contributed by atoms with E-state index in [0.717, 1.165) is 15.8 Å². The first-order valence-electron chi connectivity index (χ1n) is 6.51. The smallest absolute Gasteiger partial charge is 0.277 e. The Kier molecular flexibility index (Phi) is 4.28. The van der Waals surface area contributed by atoms with Crippen molar-refractivity contribution in [3.63, 3.8) is 0 Å². The SMILES string of the molecule is O=c1c2ccccc2nnn1CCNCc1ccc(Cl)s1. The van der Waals surface area contributed by atoms with Gasteiger partial charge in [0.2, 0.25) is 0 Å². The molecule has 0 bridgehead atoms. The fraction of sp³-hybridized carbons (Fsp3) is 0.214. The van der Waals surface area contributed by atoms with Gasteiger partial charge < -0.3 is 5.32 Å². The van der Waals surface area contributed by atoms with E-state index in [2.05, 4.69) is 15.6 Å². The van der Waals surface area contributed by atoms with Crippen LogP contribution < -0.4 is 10.9 Å². The lowest BCUT2D eigenvalue weighted by Gasteiger charge is -2.05.